The van der Waals surface area contributed by atoms with Crippen LogP contribution in [0.2, 0.25) is 0 Å². The Bertz CT molecular complexity index is 523. The van der Waals surface area contributed by atoms with Crippen molar-refractivity contribution in [1.29, 1.82) is 0 Å². The third kappa shape index (κ3) is 2.46. The van der Waals surface area contributed by atoms with Crippen LogP contribution in [0.1, 0.15) is 5.69 Å². The highest BCUT2D eigenvalue weighted by atomic mass is 16.5. The molecule has 0 aliphatic rings. The first-order chi connectivity index (χ1) is 8.78. The van der Waals surface area contributed by atoms with Gasteiger partial charge in [0.2, 0.25) is 5.89 Å². The first-order valence-corrected chi connectivity index (χ1v) is 5.60. The molecule has 1 aromatic heterocycles. The fraction of sp³-hybridized carbons (Fsp3) is 0.308. The number of methoxy groups -OCH3 is 2. The molecule has 0 radical (unpaired) electrons. The summed E-state index contributed by atoms with van der Waals surface area (Å²) < 4.78 is 15.9. The second-order valence-corrected chi connectivity index (χ2v) is 3.74. The van der Waals surface area contributed by atoms with E-state index < -0.39 is 0 Å². The molecule has 0 fully saturated rings. The summed E-state index contributed by atoms with van der Waals surface area (Å²) in [7, 11) is 5.09. The molecule has 0 saturated carbocycles. The lowest BCUT2D eigenvalue weighted by Crippen LogP contribution is -2.04. The van der Waals surface area contributed by atoms with Crippen molar-refractivity contribution in [2.45, 2.75) is 6.54 Å². The first kappa shape index (κ1) is 12.4. The van der Waals surface area contributed by atoms with Crippen LogP contribution in [-0.2, 0) is 6.54 Å². The van der Waals surface area contributed by atoms with Crippen molar-refractivity contribution in [2.24, 2.45) is 0 Å². The molecule has 0 aliphatic carbocycles. The zero-order valence-corrected chi connectivity index (χ0v) is 10.7. The Morgan fingerprint density at radius 3 is 2.78 bits per heavy atom. The number of hydrogen-bond acceptors (Lipinski definition) is 5. The van der Waals surface area contributed by atoms with Gasteiger partial charge in [0.25, 0.3) is 0 Å². The fourth-order valence-electron chi connectivity index (χ4n) is 1.67. The molecule has 0 atom stereocenters. The van der Waals surface area contributed by atoms with Crippen molar-refractivity contribution in [2.75, 3.05) is 21.3 Å². The highest BCUT2D eigenvalue weighted by molar-refractivity contribution is 5.65. The van der Waals surface area contributed by atoms with Crippen LogP contribution in [0, 0.1) is 0 Å². The quantitative estimate of drug-likeness (QED) is 0.878. The van der Waals surface area contributed by atoms with Crippen LogP contribution in [0.15, 0.2) is 28.9 Å². The van der Waals surface area contributed by atoms with E-state index in [2.05, 4.69) is 10.3 Å². The standard InChI is InChI=1S/C13H16N2O3/c1-14-7-9-8-18-13(15-9)11-6-10(16-2)4-5-12(11)17-3/h4-6,8,14H,7H2,1-3H3. The molecule has 0 bridgehead atoms. The van der Waals surface area contributed by atoms with Gasteiger partial charge in [-0.1, -0.05) is 0 Å². The number of oxazole rings is 1. The predicted molar refractivity (Wildman–Crippen MR) is 67.8 cm³/mol. The van der Waals surface area contributed by atoms with Crippen LogP contribution in [0.25, 0.3) is 11.5 Å². The summed E-state index contributed by atoms with van der Waals surface area (Å²) in [6, 6.07) is 5.50. The van der Waals surface area contributed by atoms with Crippen LogP contribution >= 0.6 is 0 Å². The summed E-state index contributed by atoms with van der Waals surface area (Å²) in [4.78, 5) is 4.39. The van der Waals surface area contributed by atoms with Crippen LogP contribution in [-0.4, -0.2) is 26.3 Å². The number of benzene rings is 1. The van der Waals surface area contributed by atoms with Gasteiger partial charge in [0, 0.05) is 6.54 Å². The number of nitrogens with one attached hydrogen (secondary N) is 1. The maximum Gasteiger partial charge on any atom is 0.230 e. The Labute approximate surface area is 106 Å². The number of aromatic nitrogens is 1. The van der Waals surface area contributed by atoms with Gasteiger partial charge >= 0.3 is 0 Å². The normalized spacial score (nSPS) is 10.4. The van der Waals surface area contributed by atoms with Crippen molar-refractivity contribution in [3.8, 4) is 23.0 Å². The van der Waals surface area contributed by atoms with Crippen molar-refractivity contribution in [3.63, 3.8) is 0 Å². The zero-order chi connectivity index (χ0) is 13.0. The zero-order valence-electron chi connectivity index (χ0n) is 10.7. The highest BCUT2D eigenvalue weighted by Gasteiger charge is 2.13. The molecule has 5 nitrogen and oxygen atoms in total. The van der Waals surface area contributed by atoms with E-state index in [1.54, 1.807) is 20.5 Å². The summed E-state index contributed by atoms with van der Waals surface area (Å²) in [5.74, 6) is 1.96. The van der Waals surface area contributed by atoms with Gasteiger partial charge in [-0.25, -0.2) is 4.98 Å². The van der Waals surface area contributed by atoms with E-state index in [-0.39, 0.29) is 0 Å². The van der Waals surface area contributed by atoms with E-state index in [1.165, 1.54) is 0 Å². The van der Waals surface area contributed by atoms with Crippen LogP contribution in [0.5, 0.6) is 11.5 Å². The van der Waals surface area contributed by atoms with E-state index in [0.717, 1.165) is 17.0 Å². The number of nitrogens with zero attached hydrogens (tertiary/aromatic N) is 1. The third-order valence-corrected chi connectivity index (χ3v) is 2.55. The summed E-state index contributed by atoms with van der Waals surface area (Å²) in [6.45, 7) is 0.662. The summed E-state index contributed by atoms with van der Waals surface area (Å²) in [5, 5.41) is 3.02. The van der Waals surface area contributed by atoms with E-state index in [0.29, 0.717) is 18.2 Å². The van der Waals surface area contributed by atoms with Gasteiger partial charge in [-0.05, 0) is 25.2 Å². The van der Waals surface area contributed by atoms with Crippen molar-refractivity contribution in [3.05, 3.63) is 30.2 Å². The summed E-state index contributed by atoms with van der Waals surface area (Å²) in [6.07, 6.45) is 1.63. The number of ether oxygens (including phenoxy) is 2. The lowest BCUT2D eigenvalue weighted by molar-refractivity contribution is 0.403. The van der Waals surface area contributed by atoms with Crippen molar-refractivity contribution in [1.82, 2.24) is 10.3 Å². The second kappa shape index (κ2) is 5.55. The third-order valence-electron chi connectivity index (χ3n) is 2.55. The van der Waals surface area contributed by atoms with Gasteiger partial charge in [0.1, 0.15) is 17.8 Å². The second-order valence-electron chi connectivity index (χ2n) is 3.74. The van der Waals surface area contributed by atoms with Gasteiger partial charge in [0.15, 0.2) is 0 Å². The number of hydrogen-bond donors (Lipinski definition) is 1. The topological polar surface area (TPSA) is 56.5 Å². The molecule has 1 N–H and O–H groups in total. The molecule has 1 aromatic carbocycles. The molecule has 2 aromatic rings. The van der Waals surface area contributed by atoms with Crippen molar-refractivity contribution < 1.29 is 13.9 Å². The van der Waals surface area contributed by atoms with Crippen LogP contribution in [0.4, 0.5) is 0 Å². The summed E-state index contributed by atoms with van der Waals surface area (Å²) in [5.41, 5.74) is 1.62. The minimum absolute atomic E-state index is 0.524. The Balaban J connectivity index is 2.40. The maximum atomic E-state index is 5.46. The van der Waals surface area contributed by atoms with Crippen molar-refractivity contribution >= 4 is 0 Å². The van der Waals surface area contributed by atoms with E-state index in [1.807, 2.05) is 25.2 Å². The summed E-state index contributed by atoms with van der Waals surface area (Å²) >= 11 is 0. The minimum Gasteiger partial charge on any atom is -0.497 e. The molecule has 0 amide bonds. The molecule has 0 unspecified atom stereocenters. The van der Waals surface area contributed by atoms with Gasteiger partial charge < -0.3 is 19.2 Å². The Kier molecular flexibility index (Phi) is 3.84. The van der Waals surface area contributed by atoms with E-state index >= 15 is 0 Å². The molecule has 5 heteroatoms. The highest BCUT2D eigenvalue weighted by Crippen LogP contribution is 2.32. The minimum atomic E-state index is 0.524. The van der Waals surface area contributed by atoms with E-state index in [9.17, 15) is 0 Å². The van der Waals surface area contributed by atoms with Gasteiger partial charge in [-0.2, -0.15) is 0 Å². The molecule has 96 valence electrons. The maximum absolute atomic E-state index is 5.46. The molecule has 2 rings (SSSR count). The molecule has 0 spiro atoms. The largest absolute Gasteiger partial charge is 0.497 e. The molecule has 18 heavy (non-hydrogen) atoms. The molecule has 0 saturated heterocycles. The Morgan fingerprint density at radius 2 is 2.11 bits per heavy atom. The van der Waals surface area contributed by atoms with Gasteiger partial charge in [-0.15, -0.1) is 0 Å². The van der Waals surface area contributed by atoms with Gasteiger partial charge in [0.05, 0.1) is 25.5 Å². The first-order valence-electron chi connectivity index (χ1n) is 5.60. The monoisotopic (exact) mass is 248 g/mol. The van der Waals surface area contributed by atoms with Gasteiger partial charge in [-0.3, -0.25) is 0 Å². The van der Waals surface area contributed by atoms with E-state index in [4.69, 9.17) is 13.9 Å². The van der Waals surface area contributed by atoms with Crippen LogP contribution in [0.3, 0.4) is 0 Å². The smallest absolute Gasteiger partial charge is 0.230 e. The average Bonchev–Trinajstić information content (AvgIpc) is 2.87. The molecule has 0 aliphatic heterocycles. The molecular formula is C13H16N2O3. The number of rotatable bonds is 5. The SMILES string of the molecule is CNCc1coc(-c2cc(OC)ccc2OC)n1. The average molecular weight is 248 g/mol. The Hall–Kier alpha value is -2.01. The lowest BCUT2D eigenvalue weighted by Gasteiger charge is -2.07. The molecule has 1 heterocycles. The fourth-order valence-corrected chi connectivity index (χ4v) is 1.67. The molecular weight excluding hydrogens is 232 g/mol. The lowest BCUT2D eigenvalue weighted by atomic mass is 10.2. The predicted octanol–water partition coefficient (Wildman–Crippen LogP) is 2.08. The van der Waals surface area contributed by atoms with Crippen LogP contribution < -0.4 is 14.8 Å². The Morgan fingerprint density at radius 1 is 1.28 bits per heavy atom.